The summed E-state index contributed by atoms with van der Waals surface area (Å²) in [5.41, 5.74) is -0.499. The quantitative estimate of drug-likeness (QED) is 0.541. The zero-order chi connectivity index (χ0) is 15.9. The van der Waals surface area contributed by atoms with Crippen LogP contribution in [0.1, 0.15) is 81.8 Å². The van der Waals surface area contributed by atoms with E-state index in [0.717, 1.165) is 38.5 Å². The normalized spacial score (nSPS) is 11.7. The summed E-state index contributed by atoms with van der Waals surface area (Å²) in [7, 11) is 0. The molecule has 1 aromatic rings. The number of aromatic amines is 1. The Bertz CT molecular complexity index is 447. The van der Waals surface area contributed by atoms with Gasteiger partial charge in [0.05, 0.1) is 12.3 Å². The van der Waals surface area contributed by atoms with Gasteiger partial charge in [-0.15, -0.1) is 0 Å². The van der Waals surface area contributed by atoms with Crippen molar-refractivity contribution in [3.05, 3.63) is 17.2 Å². The molecule has 120 valence electrons. The molecule has 0 bridgehead atoms. The van der Waals surface area contributed by atoms with Crippen molar-refractivity contribution in [1.29, 1.82) is 0 Å². The third kappa shape index (κ3) is 5.50. The van der Waals surface area contributed by atoms with Crippen LogP contribution in [-0.4, -0.2) is 27.7 Å². The van der Waals surface area contributed by atoms with Crippen molar-refractivity contribution >= 4 is 5.97 Å². The van der Waals surface area contributed by atoms with Gasteiger partial charge in [0.1, 0.15) is 11.4 Å². The molecule has 0 saturated heterocycles. The molecule has 0 radical (unpaired) electrons. The Morgan fingerprint density at radius 1 is 1.24 bits per heavy atom. The molecule has 1 heterocycles. The highest BCUT2D eigenvalue weighted by atomic mass is 16.5. The molecule has 5 heteroatoms. The number of nitrogens with one attached hydrogen (secondary N) is 1. The van der Waals surface area contributed by atoms with E-state index in [1.807, 2.05) is 6.92 Å². The Morgan fingerprint density at radius 2 is 1.95 bits per heavy atom. The third-order valence-electron chi connectivity index (χ3n) is 3.28. The molecule has 0 saturated carbocycles. The molecule has 2 N–H and O–H groups in total. The number of aliphatic hydroxyl groups is 1. The van der Waals surface area contributed by atoms with Gasteiger partial charge in [0.15, 0.2) is 5.69 Å². The minimum absolute atomic E-state index is 0.210. The molecular weight excluding hydrogens is 268 g/mol. The molecule has 0 aliphatic rings. The van der Waals surface area contributed by atoms with E-state index in [9.17, 15) is 9.90 Å². The number of ether oxygens (including phenoxy) is 1. The fraction of sp³-hybridized carbons (Fsp3) is 0.750. The molecule has 5 nitrogen and oxygen atoms in total. The van der Waals surface area contributed by atoms with E-state index in [1.165, 1.54) is 0 Å². The maximum Gasteiger partial charge on any atom is 0.358 e. The van der Waals surface area contributed by atoms with Gasteiger partial charge in [0, 0.05) is 6.42 Å². The standard InChI is InChI=1S/C16H28N2O3/c1-5-7-8-9-11-21-15(19)13-14(16(3,4)20)18-12(17-13)10-6-2/h20H,5-11H2,1-4H3,(H,17,18). The number of imidazole rings is 1. The number of carbonyl (C=O) groups excluding carboxylic acids is 1. The predicted octanol–water partition coefficient (Wildman–Crippen LogP) is 3.33. The van der Waals surface area contributed by atoms with Crippen molar-refractivity contribution in [1.82, 2.24) is 9.97 Å². The van der Waals surface area contributed by atoms with E-state index in [2.05, 4.69) is 16.9 Å². The molecule has 0 unspecified atom stereocenters. The summed E-state index contributed by atoms with van der Waals surface area (Å²) in [6.45, 7) is 7.85. The van der Waals surface area contributed by atoms with Crippen LogP contribution in [0.5, 0.6) is 0 Å². The van der Waals surface area contributed by atoms with Gasteiger partial charge in [0.2, 0.25) is 0 Å². The van der Waals surface area contributed by atoms with E-state index in [0.29, 0.717) is 18.1 Å². The SMILES string of the molecule is CCCCCCOC(=O)c1nc(CCC)[nH]c1C(C)(C)O. The first-order valence-electron chi connectivity index (χ1n) is 7.89. The Kier molecular flexibility index (Phi) is 6.89. The minimum Gasteiger partial charge on any atom is -0.461 e. The van der Waals surface area contributed by atoms with Gasteiger partial charge in [-0.1, -0.05) is 33.1 Å². The average molecular weight is 296 g/mol. The molecule has 1 aromatic heterocycles. The Morgan fingerprint density at radius 3 is 2.52 bits per heavy atom. The second kappa shape index (κ2) is 8.17. The lowest BCUT2D eigenvalue weighted by molar-refractivity contribution is 0.0451. The number of hydrogen-bond donors (Lipinski definition) is 2. The van der Waals surface area contributed by atoms with Gasteiger partial charge in [-0.3, -0.25) is 0 Å². The first-order chi connectivity index (χ1) is 9.90. The molecule has 0 aliphatic heterocycles. The molecule has 0 aromatic carbocycles. The summed E-state index contributed by atoms with van der Waals surface area (Å²) in [5, 5.41) is 10.2. The highest BCUT2D eigenvalue weighted by Gasteiger charge is 2.28. The molecule has 0 amide bonds. The zero-order valence-corrected chi connectivity index (χ0v) is 13.7. The van der Waals surface area contributed by atoms with Crippen molar-refractivity contribution < 1.29 is 14.6 Å². The number of nitrogens with zero attached hydrogens (tertiary/aromatic N) is 1. The Hall–Kier alpha value is -1.36. The number of unbranched alkanes of at least 4 members (excludes halogenated alkanes) is 3. The Labute approximate surface area is 127 Å². The summed E-state index contributed by atoms with van der Waals surface area (Å²) in [4.78, 5) is 19.5. The Balaban J connectivity index is 2.73. The van der Waals surface area contributed by atoms with Crippen LogP contribution < -0.4 is 0 Å². The van der Waals surface area contributed by atoms with Crippen LogP contribution >= 0.6 is 0 Å². The van der Waals surface area contributed by atoms with Crippen LogP contribution in [0.15, 0.2) is 0 Å². The van der Waals surface area contributed by atoms with Gasteiger partial charge in [-0.05, 0) is 26.7 Å². The lowest BCUT2D eigenvalue weighted by atomic mass is 10.0. The molecule has 0 fully saturated rings. The second-order valence-electron chi connectivity index (χ2n) is 5.91. The average Bonchev–Trinajstić information content (AvgIpc) is 2.83. The number of esters is 1. The topological polar surface area (TPSA) is 75.2 Å². The maximum absolute atomic E-state index is 12.1. The summed E-state index contributed by atoms with van der Waals surface area (Å²) in [5.74, 6) is 0.259. The summed E-state index contributed by atoms with van der Waals surface area (Å²) < 4.78 is 5.27. The zero-order valence-electron chi connectivity index (χ0n) is 13.7. The number of carbonyl (C=O) groups is 1. The molecule has 0 spiro atoms. The first kappa shape index (κ1) is 17.7. The van der Waals surface area contributed by atoms with Gasteiger partial charge in [0.25, 0.3) is 0 Å². The largest absolute Gasteiger partial charge is 0.461 e. The summed E-state index contributed by atoms with van der Waals surface area (Å²) in [6, 6.07) is 0. The fourth-order valence-electron chi connectivity index (χ4n) is 2.13. The van der Waals surface area contributed by atoms with Crippen LogP contribution in [0.2, 0.25) is 0 Å². The minimum atomic E-state index is -1.14. The third-order valence-corrected chi connectivity index (χ3v) is 3.28. The van der Waals surface area contributed by atoms with Crippen molar-refractivity contribution in [3.8, 4) is 0 Å². The lowest BCUT2D eigenvalue weighted by Crippen LogP contribution is -2.21. The number of H-pyrrole nitrogens is 1. The fourth-order valence-corrected chi connectivity index (χ4v) is 2.13. The van der Waals surface area contributed by atoms with Gasteiger partial charge < -0.3 is 14.8 Å². The molecular formula is C16H28N2O3. The summed E-state index contributed by atoms with van der Waals surface area (Å²) in [6.07, 6.45) is 5.89. The van der Waals surface area contributed by atoms with Crippen molar-refractivity contribution in [3.63, 3.8) is 0 Å². The van der Waals surface area contributed by atoms with Gasteiger partial charge in [-0.25, -0.2) is 9.78 Å². The summed E-state index contributed by atoms with van der Waals surface area (Å²) >= 11 is 0. The van der Waals surface area contributed by atoms with Crippen molar-refractivity contribution in [2.24, 2.45) is 0 Å². The molecule has 0 aliphatic carbocycles. The highest BCUT2D eigenvalue weighted by Crippen LogP contribution is 2.23. The number of hydrogen-bond acceptors (Lipinski definition) is 4. The van der Waals surface area contributed by atoms with Crippen LogP contribution in [0.25, 0.3) is 0 Å². The van der Waals surface area contributed by atoms with E-state index in [4.69, 9.17) is 4.74 Å². The van der Waals surface area contributed by atoms with E-state index >= 15 is 0 Å². The van der Waals surface area contributed by atoms with Crippen LogP contribution in [-0.2, 0) is 16.8 Å². The number of aryl methyl sites for hydroxylation is 1. The maximum atomic E-state index is 12.1. The smallest absolute Gasteiger partial charge is 0.358 e. The molecule has 21 heavy (non-hydrogen) atoms. The molecule has 1 rings (SSSR count). The van der Waals surface area contributed by atoms with E-state index < -0.39 is 11.6 Å². The highest BCUT2D eigenvalue weighted by molar-refractivity contribution is 5.89. The van der Waals surface area contributed by atoms with Gasteiger partial charge >= 0.3 is 5.97 Å². The van der Waals surface area contributed by atoms with E-state index in [-0.39, 0.29) is 5.69 Å². The van der Waals surface area contributed by atoms with Crippen LogP contribution in [0.3, 0.4) is 0 Å². The first-order valence-corrected chi connectivity index (χ1v) is 7.89. The van der Waals surface area contributed by atoms with Gasteiger partial charge in [-0.2, -0.15) is 0 Å². The predicted molar refractivity (Wildman–Crippen MR) is 82.3 cm³/mol. The van der Waals surface area contributed by atoms with Crippen molar-refractivity contribution in [2.75, 3.05) is 6.61 Å². The monoisotopic (exact) mass is 296 g/mol. The van der Waals surface area contributed by atoms with Crippen molar-refractivity contribution in [2.45, 2.75) is 71.8 Å². The van der Waals surface area contributed by atoms with Crippen LogP contribution in [0, 0.1) is 0 Å². The number of rotatable bonds is 9. The number of aromatic nitrogens is 2. The second-order valence-corrected chi connectivity index (χ2v) is 5.91. The van der Waals surface area contributed by atoms with E-state index in [1.54, 1.807) is 13.8 Å². The molecule has 0 atom stereocenters. The van der Waals surface area contributed by atoms with Crippen LogP contribution in [0.4, 0.5) is 0 Å². The lowest BCUT2D eigenvalue weighted by Gasteiger charge is -2.16.